The molecule has 1 amide bonds. The van der Waals surface area contributed by atoms with E-state index >= 15 is 0 Å². The monoisotopic (exact) mass is 450 g/mol. The van der Waals surface area contributed by atoms with E-state index in [-0.39, 0.29) is 23.9 Å². The van der Waals surface area contributed by atoms with Crippen molar-refractivity contribution < 1.29 is 13.2 Å². The Morgan fingerprint density at radius 1 is 0.875 bits per heavy atom. The molecule has 7 nitrogen and oxygen atoms in total. The molecule has 32 heavy (non-hydrogen) atoms. The van der Waals surface area contributed by atoms with Crippen LogP contribution in [-0.2, 0) is 10.0 Å². The molecule has 166 valence electrons. The standard InChI is InChI=1S/C24H26N4O3S/c1-18(2)19-8-10-22(11-9-19)32(30,31)28-14-12-27(13-15-28)24(29)21-16-25-23(26-17-21)20-6-4-3-5-7-20/h3-11,16-18H,12-15H2,1-2H3. The molecule has 1 fully saturated rings. The summed E-state index contributed by atoms with van der Waals surface area (Å²) in [6.07, 6.45) is 3.05. The zero-order valence-electron chi connectivity index (χ0n) is 18.2. The van der Waals surface area contributed by atoms with Crippen LogP contribution in [0.3, 0.4) is 0 Å². The minimum absolute atomic E-state index is 0.192. The topological polar surface area (TPSA) is 83.5 Å². The van der Waals surface area contributed by atoms with Crippen LogP contribution in [0.15, 0.2) is 71.9 Å². The molecule has 1 saturated heterocycles. The number of amides is 1. The predicted octanol–water partition coefficient (Wildman–Crippen LogP) is 3.41. The average molecular weight is 451 g/mol. The van der Waals surface area contributed by atoms with Gasteiger partial charge in [-0.3, -0.25) is 4.79 Å². The van der Waals surface area contributed by atoms with E-state index < -0.39 is 10.0 Å². The van der Waals surface area contributed by atoms with Gasteiger partial charge in [0.2, 0.25) is 10.0 Å². The summed E-state index contributed by atoms with van der Waals surface area (Å²) in [5, 5.41) is 0. The maximum absolute atomic E-state index is 13.0. The van der Waals surface area contributed by atoms with Crippen LogP contribution in [-0.4, -0.2) is 59.7 Å². The number of carbonyl (C=O) groups is 1. The van der Waals surface area contributed by atoms with Gasteiger partial charge in [0.05, 0.1) is 10.5 Å². The van der Waals surface area contributed by atoms with Gasteiger partial charge in [-0.05, 0) is 23.6 Å². The fourth-order valence-electron chi connectivity index (χ4n) is 3.66. The molecule has 4 rings (SSSR count). The Labute approximate surface area is 188 Å². The summed E-state index contributed by atoms with van der Waals surface area (Å²) < 4.78 is 27.4. The summed E-state index contributed by atoms with van der Waals surface area (Å²) in [7, 11) is -3.58. The highest BCUT2D eigenvalue weighted by atomic mass is 32.2. The first-order chi connectivity index (χ1) is 15.4. The smallest absolute Gasteiger partial charge is 0.257 e. The maximum atomic E-state index is 13.0. The molecule has 0 atom stereocenters. The van der Waals surface area contributed by atoms with Gasteiger partial charge in [-0.25, -0.2) is 18.4 Å². The first-order valence-corrected chi connectivity index (χ1v) is 12.1. The van der Waals surface area contributed by atoms with E-state index in [0.29, 0.717) is 30.4 Å². The fourth-order valence-corrected chi connectivity index (χ4v) is 5.08. The lowest BCUT2D eigenvalue weighted by molar-refractivity contribution is 0.0697. The van der Waals surface area contributed by atoms with Crippen molar-refractivity contribution in [2.24, 2.45) is 0 Å². The van der Waals surface area contributed by atoms with Crippen molar-refractivity contribution >= 4 is 15.9 Å². The van der Waals surface area contributed by atoms with Gasteiger partial charge in [-0.15, -0.1) is 0 Å². The minimum Gasteiger partial charge on any atom is -0.336 e. The van der Waals surface area contributed by atoms with Crippen LogP contribution in [0.2, 0.25) is 0 Å². The van der Waals surface area contributed by atoms with E-state index in [1.54, 1.807) is 17.0 Å². The van der Waals surface area contributed by atoms with Crippen molar-refractivity contribution in [3.05, 3.63) is 78.1 Å². The van der Waals surface area contributed by atoms with Gasteiger partial charge in [-0.2, -0.15) is 4.31 Å². The highest BCUT2D eigenvalue weighted by Gasteiger charge is 2.30. The van der Waals surface area contributed by atoms with Crippen LogP contribution in [0.1, 0.15) is 35.7 Å². The predicted molar refractivity (Wildman–Crippen MR) is 123 cm³/mol. The van der Waals surface area contributed by atoms with E-state index in [0.717, 1.165) is 11.1 Å². The zero-order chi connectivity index (χ0) is 22.7. The van der Waals surface area contributed by atoms with Gasteiger partial charge >= 0.3 is 0 Å². The summed E-state index contributed by atoms with van der Waals surface area (Å²) in [6.45, 7) is 5.29. The molecular weight excluding hydrogens is 424 g/mol. The molecule has 1 aliphatic heterocycles. The number of aromatic nitrogens is 2. The molecule has 0 N–H and O–H groups in total. The van der Waals surface area contributed by atoms with Crippen LogP contribution in [0.4, 0.5) is 0 Å². The third-order valence-corrected chi connectivity index (χ3v) is 7.55. The van der Waals surface area contributed by atoms with E-state index in [4.69, 9.17) is 0 Å². The third-order valence-electron chi connectivity index (χ3n) is 5.64. The Morgan fingerprint density at radius 2 is 1.47 bits per heavy atom. The molecule has 0 saturated carbocycles. The second-order valence-corrected chi connectivity index (χ2v) is 10.0. The van der Waals surface area contributed by atoms with E-state index in [1.807, 2.05) is 42.5 Å². The summed E-state index contributed by atoms with van der Waals surface area (Å²) in [6, 6.07) is 16.6. The van der Waals surface area contributed by atoms with Gasteiger partial charge < -0.3 is 4.90 Å². The van der Waals surface area contributed by atoms with Crippen LogP contribution < -0.4 is 0 Å². The highest BCUT2D eigenvalue weighted by molar-refractivity contribution is 7.89. The first-order valence-electron chi connectivity index (χ1n) is 10.6. The molecule has 1 aliphatic rings. The molecule has 2 heterocycles. The van der Waals surface area contributed by atoms with E-state index in [1.165, 1.54) is 16.7 Å². The largest absolute Gasteiger partial charge is 0.336 e. The second-order valence-electron chi connectivity index (χ2n) is 8.08. The summed E-state index contributed by atoms with van der Waals surface area (Å²) in [4.78, 5) is 23.4. The Kier molecular flexibility index (Phi) is 6.34. The minimum atomic E-state index is -3.58. The normalized spacial score (nSPS) is 15.2. The van der Waals surface area contributed by atoms with Crippen molar-refractivity contribution in [1.82, 2.24) is 19.2 Å². The van der Waals surface area contributed by atoms with Crippen LogP contribution in [0.5, 0.6) is 0 Å². The molecule has 1 aromatic heterocycles. The SMILES string of the molecule is CC(C)c1ccc(S(=O)(=O)N2CCN(C(=O)c3cnc(-c4ccccc4)nc3)CC2)cc1. The van der Waals surface area contributed by atoms with Crippen molar-refractivity contribution in [2.45, 2.75) is 24.7 Å². The van der Waals surface area contributed by atoms with Crippen molar-refractivity contribution in [1.29, 1.82) is 0 Å². The lowest BCUT2D eigenvalue weighted by Gasteiger charge is -2.34. The molecule has 0 aliphatic carbocycles. The number of rotatable bonds is 5. The Bertz CT molecular complexity index is 1170. The second kappa shape index (κ2) is 9.18. The summed E-state index contributed by atoms with van der Waals surface area (Å²) >= 11 is 0. The highest BCUT2D eigenvalue weighted by Crippen LogP contribution is 2.22. The zero-order valence-corrected chi connectivity index (χ0v) is 19.0. The van der Waals surface area contributed by atoms with Gasteiger partial charge in [0.25, 0.3) is 5.91 Å². The van der Waals surface area contributed by atoms with Gasteiger partial charge in [0.1, 0.15) is 0 Å². The van der Waals surface area contributed by atoms with Crippen molar-refractivity contribution in [2.75, 3.05) is 26.2 Å². The molecular formula is C24H26N4O3S. The number of sulfonamides is 1. The molecule has 8 heteroatoms. The molecule has 3 aromatic rings. The molecule has 0 radical (unpaired) electrons. The van der Waals surface area contributed by atoms with Gasteiger partial charge in [-0.1, -0.05) is 56.3 Å². The quantitative estimate of drug-likeness (QED) is 0.595. The number of hydrogen-bond acceptors (Lipinski definition) is 5. The number of piperazine rings is 1. The average Bonchev–Trinajstić information content (AvgIpc) is 2.84. The number of carbonyl (C=O) groups excluding carboxylic acids is 1. The lowest BCUT2D eigenvalue weighted by Crippen LogP contribution is -2.50. The molecule has 2 aromatic carbocycles. The number of nitrogens with zero attached hydrogens (tertiary/aromatic N) is 4. The Morgan fingerprint density at radius 3 is 2.03 bits per heavy atom. The van der Waals surface area contributed by atoms with Gasteiger partial charge in [0, 0.05) is 44.1 Å². The van der Waals surface area contributed by atoms with E-state index in [2.05, 4.69) is 23.8 Å². The fraction of sp³-hybridized carbons (Fsp3) is 0.292. The summed E-state index contributed by atoms with van der Waals surface area (Å²) in [5.74, 6) is 0.705. The van der Waals surface area contributed by atoms with Gasteiger partial charge in [0.15, 0.2) is 5.82 Å². The Balaban J connectivity index is 1.40. The maximum Gasteiger partial charge on any atom is 0.257 e. The van der Waals surface area contributed by atoms with Crippen molar-refractivity contribution in [3.63, 3.8) is 0 Å². The first kappa shape index (κ1) is 22.1. The number of benzene rings is 2. The van der Waals surface area contributed by atoms with Crippen LogP contribution >= 0.6 is 0 Å². The molecule has 0 bridgehead atoms. The molecule has 0 spiro atoms. The molecule has 0 unspecified atom stereocenters. The van der Waals surface area contributed by atoms with Crippen molar-refractivity contribution in [3.8, 4) is 11.4 Å². The third kappa shape index (κ3) is 4.56. The van der Waals surface area contributed by atoms with E-state index in [9.17, 15) is 13.2 Å². The van der Waals surface area contributed by atoms with Crippen LogP contribution in [0, 0.1) is 0 Å². The number of hydrogen-bond donors (Lipinski definition) is 0. The lowest BCUT2D eigenvalue weighted by atomic mass is 10.0. The van der Waals surface area contributed by atoms with Crippen LogP contribution in [0.25, 0.3) is 11.4 Å². The summed E-state index contributed by atoms with van der Waals surface area (Å²) in [5.41, 5.74) is 2.37. The Hall–Kier alpha value is -3.10.